The van der Waals surface area contributed by atoms with Crippen LogP contribution < -0.4 is 10.6 Å². The number of aliphatic carboxylic acids is 1. The number of carbonyl (C=O) groups excluding carboxylic acids is 1. The Hall–Kier alpha value is -2.11. The Balaban J connectivity index is 2.49. The van der Waals surface area contributed by atoms with E-state index < -0.39 is 11.4 Å². The lowest BCUT2D eigenvalue weighted by Crippen LogP contribution is -2.45. The Morgan fingerprint density at radius 3 is 2.43 bits per heavy atom. The van der Waals surface area contributed by atoms with Crippen LogP contribution in [0.1, 0.15) is 38.1 Å². The van der Waals surface area contributed by atoms with E-state index in [9.17, 15) is 14.7 Å². The summed E-state index contributed by atoms with van der Waals surface area (Å²) in [5.41, 5.74) is 0.746. The quantitative estimate of drug-likeness (QED) is 0.717. The van der Waals surface area contributed by atoms with Crippen molar-refractivity contribution in [2.24, 2.45) is 5.41 Å². The molecule has 0 spiro atoms. The molecular formula is C15H23N3O3. The molecule has 0 unspecified atom stereocenters. The molecule has 0 aliphatic carbocycles. The SMILES string of the molecule is CCC(CC)(CNC(=O)NCc1cccc(C)n1)C(=O)O. The van der Waals surface area contributed by atoms with Crippen molar-refractivity contribution in [1.82, 2.24) is 15.6 Å². The van der Waals surface area contributed by atoms with Gasteiger partial charge in [-0.25, -0.2) is 4.79 Å². The smallest absolute Gasteiger partial charge is 0.315 e. The molecule has 2 amide bonds. The average molecular weight is 293 g/mol. The topological polar surface area (TPSA) is 91.3 Å². The van der Waals surface area contributed by atoms with Crippen LogP contribution in [0.25, 0.3) is 0 Å². The van der Waals surface area contributed by atoms with Crippen LogP contribution in [0.4, 0.5) is 4.79 Å². The first kappa shape index (κ1) is 16.9. The molecule has 1 aromatic heterocycles. The van der Waals surface area contributed by atoms with Gasteiger partial charge in [-0.1, -0.05) is 19.9 Å². The molecule has 0 aliphatic rings. The van der Waals surface area contributed by atoms with Gasteiger partial charge in [-0.05, 0) is 31.9 Å². The van der Waals surface area contributed by atoms with Crippen molar-refractivity contribution in [3.05, 3.63) is 29.6 Å². The zero-order valence-electron chi connectivity index (χ0n) is 12.8. The summed E-state index contributed by atoms with van der Waals surface area (Å²) in [6.45, 7) is 5.93. The van der Waals surface area contributed by atoms with E-state index >= 15 is 0 Å². The van der Waals surface area contributed by atoms with Crippen molar-refractivity contribution < 1.29 is 14.7 Å². The number of amides is 2. The number of carbonyl (C=O) groups is 2. The third-order valence-electron chi connectivity index (χ3n) is 3.77. The lowest BCUT2D eigenvalue weighted by atomic mass is 9.82. The maximum Gasteiger partial charge on any atom is 0.315 e. The van der Waals surface area contributed by atoms with Gasteiger partial charge in [0.05, 0.1) is 17.7 Å². The molecule has 0 saturated heterocycles. The second-order valence-electron chi connectivity index (χ2n) is 5.10. The largest absolute Gasteiger partial charge is 0.481 e. The number of aryl methyl sites for hydroxylation is 1. The summed E-state index contributed by atoms with van der Waals surface area (Å²) in [5, 5.41) is 14.6. The molecule has 0 atom stereocenters. The number of carboxylic acids is 1. The zero-order valence-corrected chi connectivity index (χ0v) is 12.8. The summed E-state index contributed by atoms with van der Waals surface area (Å²) < 4.78 is 0. The fourth-order valence-corrected chi connectivity index (χ4v) is 2.06. The second kappa shape index (κ2) is 7.61. The van der Waals surface area contributed by atoms with Gasteiger partial charge in [0.1, 0.15) is 0 Å². The van der Waals surface area contributed by atoms with Gasteiger partial charge in [0, 0.05) is 12.2 Å². The van der Waals surface area contributed by atoms with E-state index in [1.165, 1.54) is 0 Å². The van der Waals surface area contributed by atoms with Crippen molar-refractivity contribution in [2.75, 3.05) is 6.54 Å². The van der Waals surface area contributed by atoms with Crippen molar-refractivity contribution in [1.29, 1.82) is 0 Å². The first-order chi connectivity index (χ1) is 9.93. The average Bonchev–Trinajstić information content (AvgIpc) is 2.46. The minimum absolute atomic E-state index is 0.114. The highest BCUT2D eigenvalue weighted by Crippen LogP contribution is 2.25. The Morgan fingerprint density at radius 2 is 1.90 bits per heavy atom. The summed E-state index contributed by atoms with van der Waals surface area (Å²) in [6.07, 6.45) is 0.942. The number of nitrogens with zero attached hydrogens (tertiary/aromatic N) is 1. The number of urea groups is 1. The van der Waals surface area contributed by atoms with Gasteiger partial charge in [-0.3, -0.25) is 9.78 Å². The molecule has 1 heterocycles. The number of carboxylic acid groups (broad SMARTS) is 1. The highest BCUT2D eigenvalue weighted by atomic mass is 16.4. The summed E-state index contributed by atoms with van der Waals surface area (Å²) in [6, 6.07) is 5.20. The zero-order chi connectivity index (χ0) is 15.9. The predicted octanol–water partition coefficient (Wildman–Crippen LogP) is 2.08. The molecule has 1 rings (SSSR count). The van der Waals surface area contributed by atoms with Crippen LogP contribution >= 0.6 is 0 Å². The number of aromatic nitrogens is 1. The number of pyridine rings is 1. The predicted molar refractivity (Wildman–Crippen MR) is 79.9 cm³/mol. The van der Waals surface area contributed by atoms with Gasteiger partial charge in [0.2, 0.25) is 0 Å². The van der Waals surface area contributed by atoms with Gasteiger partial charge in [-0.2, -0.15) is 0 Å². The third-order valence-corrected chi connectivity index (χ3v) is 3.77. The number of nitrogens with one attached hydrogen (secondary N) is 2. The molecule has 0 aliphatic heterocycles. The summed E-state index contributed by atoms with van der Waals surface area (Å²) in [5.74, 6) is -0.881. The standard InChI is InChI=1S/C15H23N3O3/c1-4-15(5-2,13(19)20)10-17-14(21)16-9-12-8-6-7-11(3)18-12/h6-8H,4-5,9-10H2,1-3H3,(H,19,20)(H2,16,17,21). The summed E-state index contributed by atoms with van der Waals surface area (Å²) in [7, 11) is 0. The van der Waals surface area contributed by atoms with Crippen LogP contribution in [0.3, 0.4) is 0 Å². The van der Waals surface area contributed by atoms with Gasteiger partial charge in [0.25, 0.3) is 0 Å². The van der Waals surface area contributed by atoms with E-state index in [1.54, 1.807) is 0 Å². The van der Waals surface area contributed by atoms with Crippen molar-refractivity contribution >= 4 is 12.0 Å². The molecule has 1 aromatic rings. The monoisotopic (exact) mass is 293 g/mol. The fourth-order valence-electron chi connectivity index (χ4n) is 2.06. The van der Waals surface area contributed by atoms with Gasteiger partial charge < -0.3 is 15.7 Å². The van der Waals surface area contributed by atoms with E-state index in [0.717, 1.165) is 11.4 Å². The van der Waals surface area contributed by atoms with E-state index in [4.69, 9.17) is 0 Å². The number of rotatable bonds is 7. The lowest BCUT2D eigenvalue weighted by molar-refractivity contribution is -0.149. The second-order valence-corrected chi connectivity index (χ2v) is 5.10. The van der Waals surface area contributed by atoms with Crippen LogP contribution in [0.15, 0.2) is 18.2 Å². The first-order valence-electron chi connectivity index (χ1n) is 7.11. The highest BCUT2D eigenvalue weighted by Gasteiger charge is 2.35. The van der Waals surface area contributed by atoms with Crippen molar-refractivity contribution in [2.45, 2.75) is 40.2 Å². The molecule has 0 bridgehead atoms. The Bertz CT molecular complexity index is 499. The molecular weight excluding hydrogens is 270 g/mol. The van der Waals surface area contributed by atoms with E-state index in [1.807, 2.05) is 39.0 Å². The van der Waals surface area contributed by atoms with E-state index in [-0.39, 0.29) is 12.6 Å². The van der Waals surface area contributed by atoms with Gasteiger partial charge in [-0.15, -0.1) is 0 Å². The Kier molecular flexibility index (Phi) is 6.14. The van der Waals surface area contributed by atoms with Crippen molar-refractivity contribution in [3.63, 3.8) is 0 Å². The Labute approximate surface area is 125 Å². The summed E-state index contributed by atoms with van der Waals surface area (Å²) >= 11 is 0. The van der Waals surface area contributed by atoms with Gasteiger partial charge >= 0.3 is 12.0 Å². The molecule has 0 radical (unpaired) electrons. The lowest BCUT2D eigenvalue weighted by Gasteiger charge is -2.26. The van der Waals surface area contributed by atoms with Crippen LogP contribution in [-0.4, -0.2) is 28.6 Å². The minimum atomic E-state index is -0.904. The normalized spacial score (nSPS) is 11.0. The van der Waals surface area contributed by atoms with Crippen LogP contribution in [-0.2, 0) is 11.3 Å². The first-order valence-corrected chi connectivity index (χ1v) is 7.11. The minimum Gasteiger partial charge on any atom is -0.481 e. The highest BCUT2D eigenvalue weighted by molar-refractivity contribution is 5.78. The molecule has 0 saturated carbocycles. The number of hydrogen-bond acceptors (Lipinski definition) is 3. The van der Waals surface area contributed by atoms with Gasteiger partial charge in [0.15, 0.2) is 0 Å². The van der Waals surface area contributed by atoms with Crippen molar-refractivity contribution in [3.8, 4) is 0 Å². The fraction of sp³-hybridized carbons (Fsp3) is 0.533. The van der Waals surface area contributed by atoms with E-state index in [2.05, 4.69) is 15.6 Å². The summed E-state index contributed by atoms with van der Waals surface area (Å²) in [4.78, 5) is 27.4. The maximum absolute atomic E-state index is 11.8. The molecule has 6 nitrogen and oxygen atoms in total. The Morgan fingerprint density at radius 1 is 1.24 bits per heavy atom. The maximum atomic E-state index is 11.8. The van der Waals surface area contributed by atoms with Crippen LogP contribution in [0.5, 0.6) is 0 Å². The van der Waals surface area contributed by atoms with E-state index in [0.29, 0.717) is 19.4 Å². The molecule has 3 N–H and O–H groups in total. The molecule has 21 heavy (non-hydrogen) atoms. The molecule has 0 aromatic carbocycles. The third kappa shape index (κ3) is 4.73. The molecule has 0 fully saturated rings. The number of hydrogen-bond donors (Lipinski definition) is 3. The molecule has 6 heteroatoms. The molecule has 116 valence electrons. The van der Waals surface area contributed by atoms with Crippen LogP contribution in [0, 0.1) is 12.3 Å². The van der Waals surface area contributed by atoms with Crippen LogP contribution in [0.2, 0.25) is 0 Å².